The molecule has 0 unspecified atom stereocenters. The van der Waals surface area contributed by atoms with Crippen molar-refractivity contribution in [2.75, 3.05) is 7.11 Å². The molecule has 3 aromatic rings. The van der Waals surface area contributed by atoms with Crippen LogP contribution < -0.4 is 4.74 Å². The molecule has 0 saturated heterocycles. The molecule has 0 aliphatic rings. The summed E-state index contributed by atoms with van der Waals surface area (Å²) in [5, 5.41) is 9.37. The van der Waals surface area contributed by atoms with Crippen LogP contribution in [0.25, 0.3) is 22.7 Å². The Morgan fingerprint density at radius 1 is 1.19 bits per heavy atom. The minimum Gasteiger partial charge on any atom is -0.496 e. The Labute approximate surface area is 121 Å². The van der Waals surface area contributed by atoms with Gasteiger partial charge in [-0.05, 0) is 24.3 Å². The third-order valence-electron chi connectivity index (χ3n) is 3.08. The number of rotatable bonds is 3. The van der Waals surface area contributed by atoms with E-state index in [4.69, 9.17) is 9.15 Å². The molecule has 0 aliphatic carbocycles. The zero-order valence-corrected chi connectivity index (χ0v) is 11.4. The standard InChI is InChI=1S/C17H12N2O2/c1-20-15-8-4-2-6-12(15)10-13(11-18)17-19-14-7-3-5-9-16(14)21-17/h2-10H,1H3. The van der Waals surface area contributed by atoms with Crippen LogP contribution in [0, 0.1) is 11.3 Å². The number of hydrogen-bond acceptors (Lipinski definition) is 4. The number of oxazole rings is 1. The highest BCUT2D eigenvalue weighted by atomic mass is 16.5. The monoisotopic (exact) mass is 276 g/mol. The summed E-state index contributed by atoms with van der Waals surface area (Å²) < 4.78 is 10.9. The van der Waals surface area contributed by atoms with Crippen molar-refractivity contribution < 1.29 is 9.15 Å². The molecule has 0 bridgehead atoms. The molecule has 2 aromatic carbocycles. The lowest BCUT2D eigenvalue weighted by Crippen LogP contribution is -1.87. The smallest absolute Gasteiger partial charge is 0.238 e. The quantitative estimate of drug-likeness (QED) is 0.681. The molecule has 1 aromatic heterocycles. The third kappa shape index (κ3) is 2.49. The highest BCUT2D eigenvalue weighted by Gasteiger charge is 2.11. The van der Waals surface area contributed by atoms with Crippen molar-refractivity contribution in [2.24, 2.45) is 0 Å². The number of ether oxygens (including phenoxy) is 1. The van der Waals surface area contributed by atoms with E-state index >= 15 is 0 Å². The van der Waals surface area contributed by atoms with E-state index in [9.17, 15) is 5.26 Å². The number of para-hydroxylation sites is 3. The van der Waals surface area contributed by atoms with Gasteiger partial charge < -0.3 is 9.15 Å². The number of benzene rings is 2. The predicted molar refractivity (Wildman–Crippen MR) is 80.5 cm³/mol. The summed E-state index contributed by atoms with van der Waals surface area (Å²) in [5.41, 5.74) is 2.55. The van der Waals surface area contributed by atoms with Crippen molar-refractivity contribution in [3.63, 3.8) is 0 Å². The minimum absolute atomic E-state index is 0.310. The Balaban J connectivity index is 2.09. The zero-order valence-electron chi connectivity index (χ0n) is 11.4. The van der Waals surface area contributed by atoms with Crippen LogP contribution in [0.5, 0.6) is 5.75 Å². The van der Waals surface area contributed by atoms with Gasteiger partial charge in [-0.1, -0.05) is 30.3 Å². The van der Waals surface area contributed by atoms with Crippen LogP contribution in [-0.4, -0.2) is 12.1 Å². The number of hydrogen-bond donors (Lipinski definition) is 0. The summed E-state index contributed by atoms with van der Waals surface area (Å²) in [6, 6.07) is 17.0. The van der Waals surface area contributed by atoms with Gasteiger partial charge >= 0.3 is 0 Å². The molecule has 0 radical (unpaired) electrons. The lowest BCUT2D eigenvalue weighted by atomic mass is 10.1. The number of aromatic nitrogens is 1. The van der Waals surface area contributed by atoms with Gasteiger partial charge in [-0.2, -0.15) is 5.26 Å². The molecule has 4 heteroatoms. The first-order chi connectivity index (χ1) is 10.3. The number of nitriles is 1. The van der Waals surface area contributed by atoms with Gasteiger partial charge in [0.2, 0.25) is 5.89 Å². The second-order valence-corrected chi connectivity index (χ2v) is 4.40. The fraction of sp³-hybridized carbons (Fsp3) is 0.0588. The Hall–Kier alpha value is -3.06. The molecule has 0 saturated carbocycles. The van der Waals surface area contributed by atoms with E-state index < -0.39 is 0 Å². The topological polar surface area (TPSA) is 59.0 Å². The fourth-order valence-corrected chi connectivity index (χ4v) is 2.07. The number of fused-ring (bicyclic) bond motifs is 1. The van der Waals surface area contributed by atoms with Crippen molar-refractivity contribution >= 4 is 22.7 Å². The Kier molecular flexibility index (Phi) is 3.40. The van der Waals surface area contributed by atoms with Crippen LogP contribution in [-0.2, 0) is 0 Å². The zero-order chi connectivity index (χ0) is 14.7. The number of allylic oxidation sites excluding steroid dienone is 1. The summed E-state index contributed by atoms with van der Waals surface area (Å²) in [7, 11) is 1.60. The highest BCUT2D eigenvalue weighted by molar-refractivity contribution is 5.89. The largest absolute Gasteiger partial charge is 0.496 e. The van der Waals surface area contributed by atoms with E-state index in [1.807, 2.05) is 48.5 Å². The van der Waals surface area contributed by atoms with Crippen LogP contribution in [0.1, 0.15) is 11.5 Å². The molecular weight excluding hydrogens is 264 g/mol. The van der Waals surface area contributed by atoms with Gasteiger partial charge in [0.05, 0.1) is 7.11 Å². The lowest BCUT2D eigenvalue weighted by molar-refractivity contribution is 0.414. The maximum absolute atomic E-state index is 9.37. The van der Waals surface area contributed by atoms with Gasteiger partial charge in [-0.3, -0.25) is 0 Å². The molecule has 1 heterocycles. The van der Waals surface area contributed by atoms with E-state index in [0.29, 0.717) is 22.8 Å². The van der Waals surface area contributed by atoms with Crippen molar-refractivity contribution in [2.45, 2.75) is 0 Å². The van der Waals surface area contributed by atoms with Crippen LogP contribution in [0.15, 0.2) is 52.9 Å². The Morgan fingerprint density at radius 3 is 2.71 bits per heavy atom. The normalized spacial score (nSPS) is 11.3. The molecule has 0 N–H and O–H groups in total. The van der Waals surface area contributed by atoms with Crippen molar-refractivity contribution in [3.8, 4) is 11.8 Å². The van der Waals surface area contributed by atoms with E-state index in [2.05, 4.69) is 11.1 Å². The first-order valence-corrected chi connectivity index (χ1v) is 6.42. The van der Waals surface area contributed by atoms with Gasteiger partial charge in [0.15, 0.2) is 5.58 Å². The van der Waals surface area contributed by atoms with Crippen LogP contribution in [0.3, 0.4) is 0 Å². The third-order valence-corrected chi connectivity index (χ3v) is 3.08. The Bertz CT molecular complexity index is 823. The first kappa shape index (κ1) is 12.9. The maximum Gasteiger partial charge on any atom is 0.238 e. The summed E-state index contributed by atoms with van der Waals surface area (Å²) >= 11 is 0. The molecule has 0 fully saturated rings. The average molecular weight is 276 g/mol. The Morgan fingerprint density at radius 2 is 1.95 bits per heavy atom. The number of nitrogens with zero attached hydrogens (tertiary/aromatic N) is 2. The molecule has 0 spiro atoms. The van der Waals surface area contributed by atoms with E-state index in [0.717, 1.165) is 11.1 Å². The molecule has 4 nitrogen and oxygen atoms in total. The molecular formula is C17H12N2O2. The van der Waals surface area contributed by atoms with Crippen LogP contribution in [0.2, 0.25) is 0 Å². The lowest BCUT2D eigenvalue weighted by Gasteiger charge is -2.03. The van der Waals surface area contributed by atoms with Gasteiger partial charge in [0, 0.05) is 5.56 Å². The minimum atomic E-state index is 0.310. The van der Waals surface area contributed by atoms with Crippen LogP contribution in [0.4, 0.5) is 0 Å². The number of methoxy groups -OCH3 is 1. The van der Waals surface area contributed by atoms with Gasteiger partial charge in [0.1, 0.15) is 22.9 Å². The summed E-state index contributed by atoms with van der Waals surface area (Å²) in [6.07, 6.45) is 1.71. The van der Waals surface area contributed by atoms with E-state index in [1.165, 1.54) is 0 Å². The molecule has 21 heavy (non-hydrogen) atoms. The van der Waals surface area contributed by atoms with Gasteiger partial charge in [-0.25, -0.2) is 4.98 Å². The summed E-state index contributed by atoms with van der Waals surface area (Å²) in [6.45, 7) is 0. The van der Waals surface area contributed by atoms with E-state index in [-0.39, 0.29) is 0 Å². The van der Waals surface area contributed by atoms with Crippen molar-refractivity contribution in [1.82, 2.24) is 4.98 Å². The second-order valence-electron chi connectivity index (χ2n) is 4.40. The first-order valence-electron chi connectivity index (χ1n) is 6.42. The fourth-order valence-electron chi connectivity index (χ4n) is 2.07. The molecule has 102 valence electrons. The maximum atomic E-state index is 9.37. The predicted octanol–water partition coefficient (Wildman–Crippen LogP) is 3.90. The second kappa shape index (κ2) is 5.51. The van der Waals surface area contributed by atoms with Gasteiger partial charge in [-0.15, -0.1) is 0 Å². The van der Waals surface area contributed by atoms with E-state index in [1.54, 1.807) is 13.2 Å². The molecule has 0 amide bonds. The molecule has 0 aliphatic heterocycles. The van der Waals surface area contributed by atoms with Gasteiger partial charge in [0.25, 0.3) is 0 Å². The SMILES string of the molecule is COc1ccccc1C=C(C#N)c1nc2ccccc2o1. The van der Waals surface area contributed by atoms with Crippen molar-refractivity contribution in [1.29, 1.82) is 5.26 Å². The molecule has 0 atom stereocenters. The van der Waals surface area contributed by atoms with Crippen LogP contribution >= 0.6 is 0 Å². The average Bonchev–Trinajstić information content (AvgIpc) is 2.96. The summed E-state index contributed by atoms with van der Waals surface area (Å²) in [4.78, 5) is 4.34. The molecule has 3 rings (SSSR count). The summed E-state index contributed by atoms with van der Waals surface area (Å²) in [5.74, 6) is 1.01. The highest BCUT2D eigenvalue weighted by Crippen LogP contribution is 2.25. The van der Waals surface area contributed by atoms with Crippen molar-refractivity contribution in [3.05, 3.63) is 60.0 Å².